The zero-order valence-corrected chi connectivity index (χ0v) is 50.5. The molecule has 0 aromatic carbocycles. The lowest BCUT2D eigenvalue weighted by Crippen LogP contribution is -2.45. The van der Waals surface area contributed by atoms with Crippen LogP contribution in [0.3, 0.4) is 0 Å². The Morgan fingerprint density at radius 1 is 0.466 bits per heavy atom. The largest absolute Gasteiger partial charge is 0.756 e. The third-order valence-corrected chi connectivity index (χ3v) is 15.9. The molecular formula is C64H127N2O6P. The second-order valence-electron chi connectivity index (χ2n) is 23.5. The molecular weight excluding hydrogens is 924 g/mol. The summed E-state index contributed by atoms with van der Waals surface area (Å²) in [6, 6.07) is -0.887. The van der Waals surface area contributed by atoms with Crippen molar-refractivity contribution in [3.05, 3.63) is 24.3 Å². The number of likely N-dealkylation sites (N-methyl/N-ethyl adjacent to an activating group) is 1. The van der Waals surface area contributed by atoms with E-state index < -0.39 is 20.0 Å². The lowest BCUT2D eigenvalue weighted by Gasteiger charge is -2.29. The van der Waals surface area contributed by atoms with Crippen LogP contribution in [0.25, 0.3) is 0 Å². The van der Waals surface area contributed by atoms with Gasteiger partial charge in [0.1, 0.15) is 13.2 Å². The van der Waals surface area contributed by atoms with E-state index in [9.17, 15) is 19.4 Å². The van der Waals surface area contributed by atoms with Crippen molar-refractivity contribution in [3.8, 4) is 0 Å². The number of aliphatic hydroxyl groups excluding tert-OH is 1. The summed E-state index contributed by atoms with van der Waals surface area (Å²) in [6.45, 7) is 4.70. The first kappa shape index (κ1) is 72.0. The lowest BCUT2D eigenvalue weighted by molar-refractivity contribution is -0.870. The number of rotatable bonds is 60. The van der Waals surface area contributed by atoms with Gasteiger partial charge in [-0.05, 0) is 44.9 Å². The highest BCUT2D eigenvalue weighted by Gasteiger charge is 2.23. The number of hydrogen-bond donors (Lipinski definition) is 2. The number of carbonyl (C=O) groups is 1. The molecule has 0 radical (unpaired) electrons. The summed E-state index contributed by atoms with van der Waals surface area (Å²) in [6.07, 6.45) is 71.3. The zero-order valence-electron chi connectivity index (χ0n) is 49.6. The van der Waals surface area contributed by atoms with Crippen LogP contribution in [0.5, 0.6) is 0 Å². The van der Waals surface area contributed by atoms with Crippen LogP contribution in [0.4, 0.5) is 0 Å². The maximum absolute atomic E-state index is 13.0. The Labute approximate surface area is 455 Å². The van der Waals surface area contributed by atoms with Crippen LogP contribution >= 0.6 is 7.82 Å². The summed E-state index contributed by atoms with van der Waals surface area (Å²) in [5, 5.41) is 13.9. The van der Waals surface area contributed by atoms with E-state index in [1.54, 1.807) is 6.08 Å². The maximum atomic E-state index is 13.0. The van der Waals surface area contributed by atoms with E-state index in [1.807, 2.05) is 27.2 Å². The summed E-state index contributed by atoms with van der Waals surface area (Å²) in [5.74, 6) is -0.194. The highest BCUT2D eigenvalue weighted by Crippen LogP contribution is 2.38. The SMILES string of the molecule is CCCCCCCCCC/C=C\CCCCCCCCCCCC(=O)NC(COP(=O)([O-])OCC[N+](C)(C)C)C(O)/C=C/CCCCCCCCCCCCCCCCCCCCCCCCCCCCCC. The molecule has 0 spiro atoms. The molecule has 8 nitrogen and oxygen atoms in total. The summed E-state index contributed by atoms with van der Waals surface area (Å²) >= 11 is 0. The minimum Gasteiger partial charge on any atom is -0.756 e. The number of hydrogen-bond acceptors (Lipinski definition) is 6. The van der Waals surface area contributed by atoms with E-state index in [-0.39, 0.29) is 19.1 Å². The Kier molecular flexibility index (Phi) is 54.9. The van der Waals surface area contributed by atoms with Crippen molar-refractivity contribution in [2.45, 2.75) is 341 Å². The van der Waals surface area contributed by atoms with Crippen molar-refractivity contribution in [1.82, 2.24) is 5.32 Å². The Morgan fingerprint density at radius 2 is 0.753 bits per heavy atom. The molecule has 0 aromatic rings. The molecule has 3 atom stereocenters. The Bertz CT molecular complexity index is 1240. The normalized spacial score (nSPS) is 13.9. The first-order valence-electron chi connectivity index (χ1n) is 32.2. The molecule has 0 aliphatic heterocycles. The fourth-order valence-corrected chi connectivity index (χ4v) is 10.6. The van der Waals surface area contributed by atoms with Crippen molar-refractivity contribution in [1.29, 1.82) is 0 Å². The molecule has 0 fully saturated rings. The van der Waals surface area contributed by atoms with Crippen LogP contribution < -0.4 is 10.2 Å². The quantitative estimate of drug-likeness (QED) is 0.0272. The molecule has 9 heteroatoms. The molecule has 1 amide bonds. The van der Waals surface area contributed by atoms with Crippen molar-refractivity contribution in [2.24, 2.45) is 0 Å². The van der Waals surface area contributed by atoms with Crippen LogP contribution in [-0.2, 0) is 18.4 Å². The number of allylic oxidation sites excluding steroid dienone is 3. The number of amides is 1. The van der Waals surface area contributed by atoms with E-state index in [0.717, 1.165) is 38.5 Å². The van der Waals surface area contributed by atoms with Gasteiger partial charge in [-0.3, -0.25) is 9.36 Å². The predicted molar refractivity (Wildman–Crippen MR) is 316 cm³/mol. The standard InChI is InChI=1S/C64H127N2O6P/c1-6-8-10-12-14-16-18-20-22-24-26-28-29-30-31-32-33-34-35-36-38-39-41-43-45-47-49-51-53-55-57-63(67)62(61-72-73(69,70)71-60-59-66(3,4)5)65-64(68)58-56-54-52-50-48-46-44-42-40-37-27-25-23-21-19-17-15-13-11-9-7-2/h25,27,55,57,62-63,67H,6-24,26,28-54,56,58-61H2,1-5H3,(H-,65,68,69,70)/b27-25-,57-55+. The second-order valence-corrected chi connectivity index (χ2v) is 24.9. The number of quaternary nitrogens is 1. The average Bonchev–Trinajstić information content (AvgIpc) is 3.35. The molecule has 0 aliphatic carbocycles. The maximum Gasteiger partial charge on any atom is 0.268 e. The van der Waals surface area contributed by atoms with Gasteiger partial charge in [-0.1, -0.05) is 301 Å². The molecule has 0 bridgehead atoms. The highest BCUT2D eigenvalue weighted by atomic mass is 31.2. The third kappa shape index (κ3) is 58.5. The first-order chi connectivity index (χ1) is 35.5. The molecule has 0 rings (SSSR count). The smallest absolute Gasteiger partial charge is 0.268 e. The van der Waals surface area contributed by atoms with Gasteiger partial charge in [0.15, 0.2) is 0 Å². The van der Waals surface area contributed by atoms with E-state index in [1.165, 1.54) is 270 Å². The number of aliphatic hydroxyl groups is 1. The number of nitrogens with zero attached hydrogens (tertiary/aromatic N) is 1. The molecule has 2 N–H and O–H groups in total. The lowest BCUT2D eigenvalue weighted by atomic mass is 10.0. The van der Waals surface area contributed by atoms with Gasteiger partial charge < -0.3 is 28.8 Å². The Hall–Kier alpha value is -1.02. The van der Waals surface area contributed by atoms with Gasteiger partial charge in [0.25, 0.3) is 7.82 Å². The van der Waals surface area contributed by atoms with Gasteiger partial charge in [0, 0.05) is 6.42 Å². The third-order valence-electron chi connectivity index (χ3n) is 14.9. The van der Waals surface area contributed by atoms with Gasteiger partial charge >= 0.3 is 0 Å². The van der Waals surface area contributed by atoms with Gasteiger partial charge in [0.2, 0.25) is 5.91 Å². The average molecular weight is 1050 g/mol. The highest BCUT2D eigenvalue weighted by molar-refractivity contribution is 7.45. The van der Waals surface area contributed by atoms with E-state index in [0.29, 0.717) is 17.4 Å². The van der Waals surface area contributed by atoms with Crippen LogP contribution in [0, 0.1) is 0 Å². The van der Waals surface area contributed by atoms with Crippen molar-refractivity contribution >= 4 is 13.7 Å². The minimum atomic E-state index is -4.60. The molecule has 434 valence electrons. The predicted octanol–water partition coefficient (Wildman–Crippen LogP) is 19.3. The van der Waals surface area contributed by atoms with E-state index in [4.69, 9.17) is 9.05 Å². The summed E-state index contributed by atoms with van der Waals surface area (Å²) in [7, 11) is 1.27. The number of unbranched alkanes of at least 4 members (excludes halogenated alkanes) is 45. The molecule has 0 saturated heterocycles. The van der Waals surface area contributed by atoms with Gasteiger partial charge in [-0.15, -0.1) is 0 Å². The number of nitrogens with one attached hydrogen (secondary N) is 1. The number of phosphoric acid groups is 1. The van der Waals surface area contributed by atoms with Crippen molar-refractivity contribution < 1.29 is 32.9 Å². The van der Waals surface area contributed by atoms with Crippen LogP contribution in [0.15, 0.2) is 24.3 Å². The fraction of sp³-hybridized carbons (Fsp3) is 0.922. The van der Waals surface area contributed by atoms with Crippen LogP contribution in [0.1, 0.15) is 328 Å². The Balaban J connectivity index is 4.09. The Morgan fingerprint density at radius 3 is 1.07 bits per heavy atom. The first-order valence-corrected chi connectivity index (χ1v) is 33.7. The molecule has 73 heavy (non-hydrogen) atoms. The van der Waals surface area contributed by atoms with Gasteiger partial charge in [-0.25, -0.2) is 0 Å². The van der Waals surface area contributed by atoms with Gasteiger partial charge in [0.05, 0.1) is 39.9 Å². The number of carbonyl (C=O) groups excluding carboxylic acids is 1. The molecule has 3 unspecified atom stereocenters. The van der Waals surface area contributed by atoms with E-state index in [2.05, 4.69) is 31.3 Å². The monoisotopic (exact) mass is 1050 g/mol. The van der Waals surface area contributed by atoms with Gasteiger partial charge in [-0.2, -0.15) is 0 Å². The number of phosphoric ester groups is 1. The summed E-state index contributed by atoms with van der Waals surface area (Å²) in [4.78, 5) is 25.6. The van der Waals surface area contributed by atoms with Crippen molar-refractivity contribution in [3.63, 3.8) is 0 Å². The molecule has 0 heterocycles. The topological polar surface area (TPSA) is 108 Å². The van der Waals surface area contributed by atoms with Crippen LogP contribution in [0.2, 0.25) is 0 Å². The van der Waals surface area contributed by atoms with Crippen molar-refractivity contribution in [2.75, 3.05) is 40.9 Å². The zero-order chi connectivity index (χ0) is 53.5. The minimum absolute atomic E-state index is 0.000497. The molecule has 0 aliphatic rings. The second kappa shape index (κ2) is 55.7. The fourth-order valence-electron chi connectivity index (χ4n) is 9.86. The summed E-state index contributed by atoms with van der Waals surface area (Å²) < 4.78 is 23.4. The van der Waals surface area contributed by atoms with E-state index >= 15 is 0 Å². The molecule has 0 saturated carbocycles. The molecule has 0 aromatic heterocycles. The van der Waals surface area contributed by atoms with Crippen LogP contribution in [-0.4, -0.2) is 68.5 Å². The summed E-state index contributed by atoms with van der Waals surface area (Å²) in [5.41, 5.74) is 0.